The van der Waals surface area contributed by atoms with E-state index >= 15 is 0 Å². The molecule has 0 saturated heterocycles. The van der Waals surface area contributed by atoms with Gasteiger partial charge >= 0.3 is 12.0 Å². The number of hydrogen-bond acceptors (Lipinski definition) is 3. The maximum atomic E-state index is 11.7. The number of rotatable bonds is 4. The lowest BCUT2D eigenvalue weighted by Gasteiger charge is -2.12. The molecule has 1 aromatic carbocycles. The van der Waals surface area contributed by atoms with Gasteiger partial charge in [-0.25, -0.2) is 4.79 Å². The predicted molar refractivity (Wildman–Crippen MR) is 72.5 cm³/mol. The Morgan fingerprint density at radius 1 is 1.45 bits per heavy atom. The molecule has 0 bridgehead atoms. The Labute approximate surface area is 120 Å². The van der Waals surface area contributed by atoms with Gasteiger partial charge in [0.05, 0.1) is 16.7 Å². The second-order valence-corrected chi connectivity index (χ2v) is 5.13. The largest absolute Gasteiger partial charge is 0.481 e. The van der Waals surface area contributed by atoms with E-state index in [4.69, 9.17) is 22.0 Å². The van der Waals surface area contributed by atoms with Crippen LogP contribution in [-0.2, 0) is 4.79 Å². The van der Waals surface area contributed by atoms with Crippen LogP contribution in [0.2, 0.25) is 5.02 Å². The Morgan fingerprint density at radius 3 is 2.70 bits per heavy atom. The molecule has 0 atom stereocenters. The van der Waals surface area contributed by atoms with Gasteiger partial charge < -0.3 is 15.7 Å². The number of aliphatic carboxylic acids is 1. The van der Waals surface area contributed by atoms with Gasteiger partial charge in [-0.05, 0) is 31.0 Å². The minimum Gasteiger partial charge on any atom is -0.481 e. The van der Waals surface area contributed by atoms with Crippen molar-refractivity contribution < 1.29 is 14.7 Å². The molecule has 0 unspecified atom stereocenters. The van der Waals surface area contributed by atoms with E-state index in [1.807, 2.05) is 6.07 Å². The quantitative estimate of drug-likeness (QED) is 0.792. The molecule has 0 spiro atoms. The number of carboxylic acids is 1. The van der Waals surface area contributed by atoms with Crippen LogP contribution in [0.3, 0.4) is 0 Å². The summed E-state index contributed by atoms with van der Waals surface area (Å²) in [6.45, 7) is 0.0661. The monoisotopic (exact) mass is 293 g/mol. The number of carboxylic acid groups (broad SMARTS) is 1. The molecule has 1 aromatic rings. The molecule has 0 aliphatic heterocycles. The van der Waals surface area contributed by atoms with Gasteiger partial charge in [-0.1, -0.05) is 11.6 Å². The molecule has 1 saturated carbocycles. The summed E-state index contributed by atoms with van der Waals surface area (Å²) in [6.07, 6.45) is 1.12. The predicted octanol–water partition coefficient (Wildman–Crippen LogP) is 2.20. The number of nitrogens with zero attached hydrogens (tertiary/aromatic N) is 1. The fourth-order valence-electron chi connectivity index (χ4n) is 1.75. The highest BCUT2D eigenvalue weighted by atomic mass is 35.5. The van der Waals surface area contributed by atoms with E-state index in [0.717, 1.165) is 0 Å². The average Bonchev–Trinajstić information content (AvgIpc) is 3.18. The van der Waals surface area contributed by atoms with Crippen LogP contribution in [0.1, 0.15) is 18.4 Å². The van der Waals surface area contributed by atoms with Gasteiger partial charge in [0.2, 0.25) is 0 Å². The highest BCUT2D eigenvalue weighted by Crippen LogP contribution is 2.45. The van der Waals surface area contributed by atoms with Crippen molar-refractivity contribution in [2.45, 2.75) is 12.8 Å². The van der Waals surface area contributed by atoms with Crippen molar-refractivity contribution in [2.24, 2.45) is 5.41 Å². The number of benzene rings is 1. The van der Waals surface area contributed by atoms with Crippen LogP contribution in [0.5, 0.6) is 0 Å². The van der Waals surface area contributed by atoms with Crippen molar-refractivity contribution >= 4 is 29.3 Å². The smallest absolute Gasteiger partial charge is 0.319 e. The summed E-state index contributed by atoms with van der Waals surface area (Å²) in [5.41, 5.74) is -0.259. The molecule has 7 heteroatoms. The molecule has 1 fully saturated rings. The summed E-state index contributed by atoms with van der Waals surface area (Å²) >= 11 is 5.80. The summed E-state index contributed by atoms with van der Waals surface area (Å²) in [4.78, 5) is 22.7. The lowest BCUT2D eigenvalue weighted by molar-refractivity contribution is -0.143. The minimum atomic E-state index is -0.904. The van der Waals surface area contributed by atoms with Gasteiger partial charge in [-0.15, -0.1) is 0 Å². The van der Waals surface area contributed by atoms with Crippen LogP contribution in [0, 0.1) is 16.7 Å². The number of anilines is 1. The standard InChI is InChI=1S/C13H12ClN3O3/c14-9-2-1-8(6-15)10(5-9)17-12(20)16-7-13(3-4-13)11(18)19/h1-2,5H,3-4,7H2,(H,18,19)(H2,16,17,20). The molecule has 0 heterocycles. The molecule has 6 nitrogen and oxygen atoms in total. The van der Waals surface area contributed by atoms with Gasteiger partial charge in [-0.3, -0.25) is 4.79 Å². The number of carbonyl (C=O) groups is 2. The van der Waals surface area contributed by atoms with Crippen molar-refractivity contribution in [2.75, 3.05) is 11.9 Å². The highest BCUT2D eigenvalue weighted by molar-refractivity contribution is 6.31. The Kier molecular flexibility index (Phi) is 3.81. The van der Waals surface area contributed by atoms with E-state index in [2.05, 4.69) is 10.6 Å². The van der Waals surface area contributed by atoms with E-state index in [-0.39, 0.29) is 17.8 Å². The molecule has 2 rings (SSSR count). The number of nitrogens with one attached hydrogen (secondary N) is 2. The molecule has 1 aliphatic carbocycles. The summed E-state index contributed by atoms with van der Waals surface area (Å²) in [7, 11) is 0. The van der Waals surface area contributed by atoms with Crippen molar-refractivity contribution in [1.82, 2.24) is 5.32 Å². The first-order chi connectivity index (χ1) is 9.47. The number of hydrogen-bond donors (Lipinski definition) is 3. The first-order valence-corrected chi connectivity index (χ1v) is 6.32. The Morgan fingerprint density at radius 2 is 2.15 bits per heavy atom. The molecule has 20 heavy (non-hydrogen) atoms. The molecular weight excluding hydrogens is 282 g/mol. The van der Waals surface area contributed by atoms with E-state index in [1.54, 1.807) is 6.07 Å². The highest BCUT2D eigenvalue weighted by Gasteiger charge is 2.50. The SMILES string of the molecule is N#Cc1ccc(Cl)cc1NC(=O)NCC1(C(=O)O)CC1. The molecule has 104 valence electrons. The Bertz CT molecular complexity index is 605. The molecule has 2 amide bonds. The summed E-state index contributed by atoms with van der Waals surface area (Å²) in [5.74, 6) is -0.904. The lowest BCUT2D eigenvalue weighted by atomic mass is 10.1. The van der Waals surface area contributed by atoms with Gasteiger partial charge in [-0.2, -0.15) is 5.26 Å². The second-order valence-electron chi connectivity index (χ2n) is 4.69. The average molecular weight is 294 g/mol. The van der Waals surface area contributed by atoms with Gasteiger partial charge in [0.15, 0.2) is 0 Å². The van der Waals surface area contributed by atoms with Crippen molar-refractivity contribution in [1.29, 1.82) is 5.26 Å². The number of carbonyl (C=O) groups excluding carboxylic acids is 1. The van der Waals surface area contributed by atoms with E-state index in [0.29, 0.717) is 17.9 Å². The number of halogens is 1. The molecule has 0 radical (unpaired) electrons. The molecule has 1 aliphatic rings. The molecule has 3 N–H and O–H groups in total. The van der Waals surface area contributed by atoms with Gasteiger partial charge in [0, 0.05) is 11.6 Å². The van der Waals surface area contributed by atoms with Crippen LogP contribution in [0.4, 0.5) is 10.5 Å². The summed E-state index contributed by atoms with van der Waals surface area (Å²) in [6, 6.07) is 5.88. The van der Waals surface area contributed by atoms with Crippen LogP contribution < -0.4 is 10.6 Å². The van der Waals surface area contributed by atoms with E-state index in [9.17, 15) is 9.59 Å². The minimum absolute atomic E-state index is 0.0661. The van der Waals surface area contributed by atoms with E-state index < -0.39 is 17.4 Å². The molecule has 0 aromatic heterocycles. The van der Waals surface area contributed by atoms with Gasteiger partial charge in [0.1, 0.15) is 6.07 Å². The maximum absolute atomic E-state index is 11.7. The summed E-state index contributed by atoms with van der Waals surface area (Å²) < 4.78 is 0. The van der Waals surface area contributed by atoms with Crippen LogP contribution >= 0.6 is 11.6 Å². The Hall–Kier alpha value is -2.26. The van der Waals surface area contributed by atoms with Crippen LogP contribution in [-0.4, -0.2) is 23.7 Å². The third-order valence-electron chi connectivity index (χ3n) is 3.24. The fraction of sp³-hybridized carbons (Fsp3) is 0.308. The second kappa shape index (κ2) is 5.39. The Balaban J connectivity index is 1.97. The number of nitriles is 1. The fourth-order valence-corrected chi connectivity index (χ4v) is 1.92. The molecular formula is C13H12ClN3O3. The van der Waals surface area contributed by atoms with Crippen LogP contribution in [0.25, 0.3) is 0 Å². The zero-order valence-electron chi connectivity index (χ0n) is 10.4. The van der Waals surface area contributed by atoms with Crippen molar-refractivity contribution in [3.8, 4) is 6.07 Å². The zero-order chi connectivity index (χ0) is 14.8. The lowest BCUT2D eigenvalue weighted by Crippen LogP contribution is -2.36. The zero-order valence-corrected chi connectivity index (χ0v) is 11.2. The van der Waals surface area contributed by atoms with Crippen LogP contribution in [0.15, 0.2) is 18.2 Å². The van der Waals surface area contributed by atoms with Crippen molar-refractivity contribution in [3.05, 3.63) is 28.8 Å². The first kappa shape index (κ1) is 14.2. The third kappa shape index (κ3) is 3.00. The third-order valence-corrected chi connectivity index (χ3v) is 3.48. The normalized spacial score (nSPS) is 15.0. The number of amides is 2. The maximum Gasteiger partial charge on any atom is 0.319 e. The van der Waals surface area contributed by atoms with E-state index in [1.165, 1.54) is 12.1 Å². The van der Waals surface area contributed by atoms with Gasteiger partial charge in [0.25, 0.3) is 0 Å². The van der Waals surface area contributed by atoms with Crippen molar-refractivity contribution in [3.63, 3.8) is 0 Å². The number of urea groups is 1. The summed E-state index contributed by atoms with van der Waals surface area (Å²) in [5, 5.41) is 23.3. The first-order valence-electron chi connectivity index (χ1n) is 5.95. The topological polar surface area (TPSA) is 102 Å².